The lowest BCUT2D eigenvalue weighted by Gasteiger charge is -2.29. The van der Waals surface area contributed by atoms with Gasteiger partial charge in [0, 0.05) is 5.56 Å². The van der Waals surface area contributed by atoms with E-state index in [0.29, 0.717) is 11.6 Å². The van der Waals surface area contributed by atoms with Crippen LogP contribution in [-0.2, 0) is 6.42 Å². The Morgan fingerprint density at radius 1 is 0.882 bits per heavy atom. The van der Waals surface area contributed by atoms with Crippen molar-refractivity contribution in [1.29, 1.82) is 5.26 Å². The molecule has 2 aromatic rings. The Morgan fingerprint density at radius 2 is 1.59 bits per heavy atom. The van der Waals surface area contributed by atoms with E-state index in [-0.39, 0.29) is 0 Å². The summed E-state index contributed by atoms with van der Waals surface area (Å²) in [5.74, 6) is 2.49. The fourth-order valence-electron chi connectivity index (χ4n) is 5.57. The molecule has 0 saturated heterocycles. The molecule has 2 nitrogen and oxygen atoms in total. The average Bonchev–Trinajstić information content (AvgIpc) is 2.86. The van der Waals surface area contributed by atoms with E-state index in [4.69, 9.17) is 4.98 Å². The van der Waals surface area contributed by atoms with Gasteiger partial charge in [-0.25, -0.2) is 4.98 Å². The van der Waals surface area contributed by atoms with Crippen molar-refractivity contribution >= 4 is 0 Å². The van der Waals surface area contributed by atoms with Gasteiger partial charge in [-0.2, -0.15) is 5.26 Å². The quantitative estimate of drug-likeness (QED) is 0.280. The first-order valence-corrected chi connectivity index (χ1v) is 14.1. The van der Waals surface area contributed by atoms with Crippen LogP contribution in [0.3, 0.4) is 0 Å². The second kappa shape index (κ2) is 14.3. The molecule has 34 heavy (non-hydrogen) atoms. The van der Waals surface area contributed by atoms with Crippen molar-refractivity contribution in [1.82, 2.24) is 4.98 Å². The van der Waals surface area contributed by atoms with Gasteiger partial charge in [0.1, 0.15) is 11.8 Å². The number of benzene rings is 1. The summed E-state index contributed by atoms with van der Waals surface area (Å²) in [6, 6.07) is 15.6. The Morgan fingerprint density at radius 3 is 2.26 bits per heavy atom. The molecule has 3 rings (SSSR count). The largest absolute Gasteiger partial charge is 0.237 e. The maximum Gasteiger partial charge on any atom is 0.144 e. The number of hydrogen-bond donors (Lipinski definition) is 0. The third kappa shape index (κ3) is 8.26. The highest BCUT2D eigenvalue weighted by Crippen LogP contribution is 2.38. The molecule has 1 aromatic carbocycles. The van der Waals surface area contributed by atoms with Gasteiger partial charge in [-0.3, -0.25) is 0 Å². The van der Waals surface area contributed by atoms with Gasteiger partial charge in [-0.1, -0.05) is 102 Å². The summed E-state index contributed by atoms with van der Waals surface area (Å²) in [4.78, 5) is 4.72. The van der Waals surface area contributed by atoms with Crippen LogP contribution in [0, 0.1) is 23.2 Å². The van der Waals surface area contributed by atoms with Crippen LogP contribution in [0.2, 0.25) is 0 Å². The molecule has 1 aromatic heterocycles. The molecular weight excluding hydrogens is 412 g/mol. The molecule has 2 heteroatoms. The zero-order valence-electron chi connectivity index (χ0n) is 22.0. The second-order valence-corrected chi connectivity index (χ2v) is 11.0. The molecule has 0 unspecified atom stereocenters. The molecule has 0 radical (unpaired) electrons. The number of nitrogens with zero attached hydrogens (tertiary/aromatic N) is 2. The predicted octanol–water partition coefficient (Wildman–Crippen LogP) is 9.62. The zero-order valence-corrected chi connectivity index (χ0v) is 22.0. The molecule has 184 valence electrons. The van der Waals surface area contributed by atoms with Crippen LogP contribution in [0.15, 0.2) is 36.4 Å². The Hall–Kier alpha value is -2.14. The molecule has 0 spiro atoms. The first-order chi connectivity index (χ1) is 16.6. The van der Waals surface area contributed by atoms with Crippen molar-refractivity contribution in [3.05, 3.63) is 53.2 Å². The maximum atomic E-state index is 9.67. The zero-order chi connectivity index (χ0) is 24.2. The summed E-state index contributed by atoms with van der Waals surface area (Å²) in [7, 11) is 0. The number of aryl methyl sites for hydroxylation is 1. The Kier molecular flexibility index (Phi) is 11.1. The summed E-state index contributed by atoms with van der Waals surface area (Å²) < 4.78 is 0. The Balaban J connectivity index is 1.52. The summed E-state index contributed by atoms with van der Waals surface area (Å²) in [6.07, 6.45) is 18.2. The maximum absolute atomic E-state index is 9.67. The van der Waals surface area contributed by atoms with Gasteiger partial charge in [-0.05, 0) is 73.5 Å². The van der Waals surface area contributed by atoms with Crippen LogP contribution < -0.4 is 0 Å². The van der Waals surface area contributed by atoms with Gasteiger partial charge in [0.25, 0.3) is 0 Å². The molecule has 1 saturated carbocycles. The Bertz CT molecular complexity index is 882. The van der Waals surface area contributed by atoms with Crippen LogP contribution in [0.1, 0.15) is 127 Å². The summed E-state index contributed by atoms with van der Waals surface area (Å²) in [6.45, 7) is 6.92. The van der Waals surface area contributed by atoms with E-state index in [1.165, 1.54) is 82.6 Å². The number of pyridine rings is 1. The third-order valence-corrected chi connectivity index (χ3v) is 7.80. The summed E-state index contributed by atoms with van der Waals surface area (Å²) in [5, 5.41) is 9.67. The van der Waals surface area contributed by atoms with Crippen LogP contribution >= 0.6 is 0 Å². The SMILES string of the molecule is CCCCCCCCc1ccc(-c2ccc(C3CCC(CCCC(C)C)CC3)cc2)nc1C#N. The second-order valence-electron chi connectivity index (χ2n) is 11.0. The molecular formula is C32H46N2. The minimum Gasteiger partial charge on any atom is -0.237 e. The topological polar surface area (TPSA) is 36.7 Å². The third-order valence-electron chi connectivity index (χ3n) is 7.80. The summed E-state index contributed by atoms with van der Waals surface area (Å²) in [5.41, 5.74) is 5.22. The van der Waals surface area contributed by atoms with Crippen molar-refractivity contribution in [2.24, 2.45) is 11.8 Å². The molecule has 0 N–H and O–H groups in total. The van der Waals surface area contributed by atoms with Crippen LogP contribution in [-0.4, -0.2) is 4.98 Å². The molecule has 0 amide bonds. The van der Waals surface area contributed by atoms with Crippen LogP contribution in [0.25, 0.3) is 11.3 Å². The van der Waals surface area contributed by atoms with Crippen molar-refractivity contribution < 1.29 is 0 Å². The van der Waals surface area contributed by atoms with Crippen LogP contribution in [0.4, 0.5) is 0 Å². The van der Waals surface area contributed by atoms with Crippen LogP contribution in [0.5, 0.6) is 0 Å². The molecule has 0 atom stereocenters. The minimum absolute atomic E-state index is 0.603. The normalized spacial score (nSPS) is 18.2. The van der Waals surface area contributed by atoms with Gasteiger partial charge in [0.15, 0.2) is 0 Å². The predicted molar refractivity (Wildman–Crippen MR) is 145 cm³/mol. The van der Waals surface area contributed by atoms with Gasteiger partial charge in [0.2, 0.25) is 0 Å². The van der Waals surface area contributed by atoms with E-state index >= 15 is 0 Å². The van der Waals surface area contributed by atoms with E-state index in [2.05, 4.69) is 63.2 Å². The fraction of sp³-hybridized carbons (Fsp3) is 0.625. The summed E-state index contributed by atoms with van der Waals surface area (Å²) >= 11 is 0. The van der Waals surface area contributed by atoms with Crippen molar-refractivity contribution in [3.8, 4) is 17.3 Å². The average molecular weight is 459 g/mol. The van der Waals surface area contributed by atoms with Crippen molar-refractivity contribution in [2.45, 2.75) is 117 Å². The molecule has 0 aliphatic heterocycles. The van der Waals surface area contributed by atoms with E-state index in [1.54, 1.807) is 0 Å². The monoisotopic (exact) mass is 458 g/mol. The van der Waals surface area contributed by atoms with E-state index in [9.17, 15) is 5.26 Å². The van der Waals surface area contributed by atoms with Gasteiger partial charge in [-0.15, -0.1) is 0 Å². The first kappa shape index (κ1) is 26.5. The van der Waals surface area contributed by atoms with Gasteiger partial charge >= 0.3 is 0 Å². The first-order valence-electron chi connectivity index (χ1n) is 14.1. The van der Waals surface area contributed by atoms with E-state index in [0.717, 1.165) is 41.5 Å². The lowest BCUT2D eigenvalue weighted by molar-refractivity contribution is 0.298. The smallest absolute Gasteiger partial charge is 0.144 e. The molecule has 0 bridgehead atoms. The van der Waals surface area contributed by atoms with Crippen molar-refractivity contribution in [3.63, 3.8) is 0 Å². The number of hydrogen-bond acceptors (Lipinski definition) is 2. The number of rotatable bonds is 13. The molecule has 1 aliphatic carbocycles. The number of unbranched alkanes of at least 4 members (excludes halogenated alkanes) is 5. The molecule has 1 aliphatic rings. The molecule has 1 fully saturated rings. The van der Waals surface area contributed by atoms with Gasteiger partial charge < -0.3 is 0 Å². The van der Waals surface area contributed by atoms with E-state index in [1.807, 2.05) is 0 Å². The highest BCUT2D eigenvalue weighted by atomic mass is 14.7. The van der Waals surface area contributed by atoms with Crippen molar-refractivity contribution in [2.75, 3.05) is 0 Å². The van der Waals surface area contributed by atoms with Gasteiger partial charge in [0.05, 0.1) is 5.69 Å². The minimum atomic E-state index is 0.603. The molecule has 1 heterocycles. The highest BCUT2D eigenvalue weighted by Gasteiger charge is 2.22. The lowest BCUT2D eigenvalue weighted by atomic mass is 9.77. The lowest BCUT2D eigenvalue weighted by Crippen LogP contribution is -2.13. The Labute approximate surface area is 209 Å². The fourth-order valence-corrected chi connectivity index (χ4v) is 5.57. The highest BCUT2D eigenvalue weighted by molar-refractivity contribution is 5.61. The number of aromatic nitrogens is 1. The van der Waals surface area contributed by atoms with E-state index < -0.39 is 0 Å². The standard InChI is InChI=1S/C32H46N2/c1-4-5-6-7-8-9-13-29-22-23-31(34-32(29)24-33)30-20-18-28(19-21-30)27-16-14-26(15-17-27)12-10-11-25(2)3/h18-23,25-27H,4-17H2,1-3H3. The number of nitriles is 1.